The Labute approximate surface area is 136 Å². The van der Waals surface area contributed by atoms with Crippen molar-refractivity contribution < 1.29 is 4.79 Å². The molecule has 0 radical (unpaired) electrons. The number of anilines is 1. The van der Waals surface area contributed by atoms with Crippen molar-refractivity contribution in [1.29, 1.82) is 0 Å². The summed E-state index contributed by atoms with van der Waals surface area (Å²) in [6.07, 6.45) is 6.76. The molecule has 3 N–H and O–H groups in total. The molecule has 21 heavy (non-hydrogen) atoms. The van der Waals surface area contributed by atoms with Crippen LogP contribution in [0.25, 0.3) is 5.82 Å². The maximum absolute atomic E-state index is 11.9. The summed E-state index contributed by atoms with van der Waals surface area (Å²) in [5, 5.41) is 2.80. The van der Waals surface area contributed by atoms with E-state index in [-0.39, 0.29) is 30.7 Å². The van der Waals surface area contributed by atoms with E-state index in [9.17, 15) is 4.79 Å². The lowest BCUT2D eigenvalue weighted by atomic mass is 9.92. The van der Waals surface area contributed by atoms with E-state index in [0.717, 1.165) is 5.82 Å². The van der Waals surface area contributed by atoms with Gasteiger partial charge >= 0.3 is 0 Å². The summed E-state index contributed by atoms with van der Waals surface area (Å²) in [6, 6.07) is 3.61. The number of rotatable bonds is 4. The van der Waals surface area contributed by atoms with Crippen LogP contribution in [-0.2, 0) is 4.79 Å². The van der Waals surface area contributed by atoms with Crippen molar-refractivity contribution in [2.24, 2.45) is 11.1 Å². The molecule has 2 rings (SSSR count). The number of imidazole rings is 1. The van der Waals surface area contributed by atoms with Crippen molar-refractivity contribution in [2.45, 2.75) is 13.8 Å². The molecule has 0 unspecified atom stereocenters. The summed E-state index contributed by atoms with van der Waals surface area (Å²) >= 11 is 0. The molecule has 0 spiro atoms. The van der Waals surface area contributed by atoms with Gasteiger partial charge in [-0.25, -0.2) is 9.97 Å². The lowest BCUT2D eigenvalue weighted by Gasteiger charge is -2.21. The minimum absolute atomic E-state index is 0. The molecule has 0 aliphatic rings. The monoisotopic (exact) mass is 331 g/mol. The highest BCUT2D eigenvalue weighted by Gasteiger charge is 2.25. The van der Waals surface area contributed by atoms with Crippen LogP contribution in [0.4, 0.5) is 5.69 Å². The second-order valence-electron chi connectivity index (χ2n) is 4.92. The number of carbonyl (C=O) groups is 1. The number of aromatic nitrogens is 3. The molecule has 8 heteroatoms. The Balaban J connectivity index is 0.00000200. The van der Waals surface area contributed by atoms with Gasteiger partial charge in [-0.1, -0.05) is 0 Å². The smallest absolute Gasteiger partial charge is 0.231 e. The molecule has 116 valence electrons. The highest BCUT2D eigenvalue weighted by Crippen LogP contribution is 2.17. The van der Waals surface area contributed by atoms with Crippen LogP contribution in [-0.4, -0.2) is 27.0 Å². The van der Waals surface area contributed by atoms with E-state index >= 15 is 0 Å². The number of hydrogen-bond acceptors (Lipinski definition) is 4. The Hall–Kier alpha value is -1.63. The van der Waals surface area contributed by atoms with Gasteiger partial charge < -0.3 is 11.1 Å². The number of pyridine rings is 1. The fourth-order valence-electron chi connectivity index (χ4n) is 1.40. The molecule has 0 bridgehead atoms. The predicted molar refractivity (Wildman–Crippen MR) is 87.3 cm³/mol. The van der Waals surface area contributed by atoms with Gasteiger partial charge in [0.05, 0.1) is 17.3 Å². The lowest BCUT2D eigenvalue weighted by Crippen LogP contribution is -2.37. The van der Waals surface area contributed by atoms with Crippen molar-refractivity contribution >= 4 is 36.4 Å². The van der Waals surface area contributed by atoms with Crippen LogP contribution in [0, 0.1) is 5.41 Å². The third-order valence-electron chi connectivity index (χ3n) is 2.90. The van der Waals surface area contributed by atoms with Crippen LogP contribution in [0.1, 0.15) is 13.8 Å². The quantitative estimate of drug-likeness (QED) is 0.897. The molecule has 2 aromatic rings. The van der Waals surface area contributed by atoms with Gasteiger partial charge in [0.15, 0.2) is 0 Å². The van der Waals surface area contributed by atoms with Crippen molar-refractivity contribution in [2.75, 3.05) is 11.9 Å². The highest BCUT2D eigenvalue weighted by atomic mass is 35.5. The highest BCUT2D eigenvalue weighted by molar-refractivity contribution is 5.94. The van der Waals surface area contributed by atoms with Crippen molar-refractivity contribution in [3.05, 3.63) is 37.1 Å². The number of hydrogen-bond donors (Lipinski definition) is 2. The standard InChI is InChI=1S/C13H17N5O.2ClH/c1-13(2,8-14)12(19)17-10-3-4-11(16-7-10)18-6-5-15-9-18;;/h3-7,9H,8,14H2,1-2H3,(H,17,19);2*1H. The first-order valence-corrected chi connectivity index (χ1v) is 5.99. The van der Waals surface area contributed by atoms with Crippen LogP contribution < -0.4 is 11.1 Å². The minimum atomic E-state index is -0.594. The van der Waals surface area contributed by atoms with E-state index in [2.05, 4.69) is 15.3 Å². The molecule has 0 aromatic carbocycles. The van der Waals surface area contributed by atoms with Crippen LogP contribution >= 0.6 is 24.8 Å². The first-order valence-electron chi connectivity index (χ1n) is 5.99. The molecule has 0 aliphatic carbocycles. The number of nitrogens with one attached hydrogen (secondary N) is 1. The molecular formula is C13H19Cl2N5O. The first kappa shape index (κ1) is 19.4. The van der Waals surface area contributed by atoms with Crippen LogP contribution in [0.2, 0.25) is 0 Å². The lowest BCUT2D eigenvalue weighted by molar-refractivity contribution is -0.123. The Morgan fingerprint density at radius 3 is 2.57 bits per heavy atom. The minimum Gasteiger partial charge on any atom is -0.329 e. The Kier molecular flexibility index (Phi) is 7.35. The summed E-state index contributed by atoms with van der Waals surface area (Å²) in [7, 11) is 0. The number of nitrogens with two attached hydrogens (primary N) is 1. The Bertz CT molecular complexity index is 554. The van der Waals surface area contributed by atoms with Crippen LogP contribution in [0.15, 0.2) is 37.1 Å². The summed E-state index contributed by atoms with van der Waals surface area (Å²) in [4.78, 5) is 20.2. The molecular weight excluding hydrogens is 313 g/mol. The molecule has 0 aliphatic heterocycles. The van der Waals surface area contributed by atoms with E-state index in [4.69, 9.17) is 5.73 Å². The average molecular weight is 332 g/mol. The molecule has 2 aromatic heterocycles. The number of carbonyl (C=O) groups excluding carboxylic acids is 1. The average Bonchev–Trinajstić information content (AvgIpc) is 2.93. The Morgan fingerprint density at radius 2 is 2.10 bits per heavy atom. The molecule has 0 atom stereocenters. The summed E-state index contributed by atoms with van der Waals surface area (Å²) in [5.74, 6) is 0.626. The molecule has 6 nitrogen and oxygen atoms in total. The van der Waals surface area contributed by atoms with Gasteiger partial charge in [0.25, 0.3) is 0 Å². The summed E-state index contributed by atoms with van der Waals surface area (Å²) < 4.78 is 1.79. The van der Waals surface area contributed by atoms with E-state index < -0.39 is 5.41 Å². The van der Waals surface area contributed by atoms with E-state index in [1.165, 1.54) is 0 Å². The fourth-order valence-corrected chi connectivity index (χ4v) is 1.40. The molecule has 0 saturated heterocycles. The molecule has 0 fully saturated rings. The van der Waals surface area contributed by atoms with Crippen LogP contribution in [0.5, 0.6) is 0 Å². The van der Waals surface area contributed by atoms with Gasteiger partial charge in [-0.2, -0.15) is 0 Å². The van der Waals surface area contributed by atoms with Crippen molar-refractivity contribution in [1.82, 2.24) is 14.5 Å². The van der Waals surface area contributed by atoms with Gasteiger partial charge in [-0.05, 0) is 26.0 Å². The topological polar surface area (TPSA) is 85.8 Å². The zero-order chi connectivity index (χ0) is 13.9. The SMILES string of the molecule is CC(C)(CN)C(=O)Nc1ccc(-n2ccnc2)nc1.Cl.Cl. The van der Waals surface area contributed by atoms with Gasteiger partial charge in [0, 0.05) is 18.9 Å². The summed E-state index contributed by atoms with van der Waals surface area (Å²) in [5.41, 5.74) is 5.62. The van der Waals surface area contributed by atoms with Crippen molar-refractivity contribution in [3.63, 3.8) is 0 Å². The summed E-state index contributed by atoms with van der Waals surface area (Å²) in [6.45, 7) is 3.89. The fraction of sp³-hybridized carbons (Fsp3) is 0.308. The van der Waals surface area contributed by atoms with E-state index in [1.807, 2.05) is 6.07 Å². The maximum Gasteiger partial charge on any atom is 0.231 e. The van der Waals surface area contributed by atoms with Crippen molar-refractivity contribution in [3.8, 4) is 5.82 Å². The second-order valence-corrected chi connectivity index (χ2v) is 4.92. The van der Waals surface area contributed by atoms with Gasteiger partial charge in [0.2, 0.25) is 5.91 Å². The number of amides is 1. The second kappa shape index (κ2) is 7.97. The van der Waals surface area contributed by atoms with Gasteiger partial charge in [-0.3, -0.25) is 9.36 Å². The third kappa shape index (κ3) is 4.70. The van der Waals surface area contributed by atoms with Gasteiger partial charge in [-0.15, -0.1) is 24.8 Å². The predicted octanol–water partition coefficient (Wildman–Crippen LogP) is 2.03. The molecule has 0 saturated carbocycles. The number of nitrogens with zero attached hydrogens (tertiary/aromatic N) is 3. The van der Waals surface area contributed by atoms with Gasteiger partial charge in [0.1, 0.15) is 12.1 Å². The maximum atomic E-state index is 11.9. The third-order valence-corrected chi connectivity index (χ3v) is 2.90. The largest absolute Gasteiger partial charge is 0.329 e. The van der Waals surface area contributed by atoms with Crippen LogP contribution in [0.3, 0.4) is 0 Å². The van der Waals surface area contributed by atoms with E-state index in [0.29, 0.717) is 12.2 Å². The number of halogens is 2. The zero-order valence-corrected chi connectivity index (χ0v) is 13.4. The van der Waals surface area contributed by atoms with E-state index in [1.54, 1.807) is 49.4 Å². The normalized spacial score (nSPS) is 10.2. The molecule has 1 amide bonds. The zero-order valence-electron chi connectivity index (χ0n) is 11.8. The Morgan fingerprint density at radius 1 is 1.38 bits per heavy atom. The molecule has 2 heterocycles. The first-order chi connectivity index (χ1) is 9.03.